The number of rotatable bonds is 3. The normalized spacial score (nSPS) is 13.3. The van der Waals surface area contributed by atoms with Gasteiger partial charge in [-0.15, -0.1) is 11.3 Å². The topological polar surface area (TPSA) is 43.1 Å². The van der Waals surface area contributed by atoms with Gasteiger partial charge in [-0.25, -0.2) is 0 Å². The minimum Gasteiger partial charge on any atom is -0.317 e. The fourth-order valence-electron chi connectivity index (χ4n) is 1.71. The summed E-state index contributed by atoms with van der Waals surface area (Å²) < 4.78 is 38.5. The van der Waals surface area contributed by atoms with Crippen molar-refractivity contribution < 1.29 is 18.0 Å². The Hall–Kier alpha value is -1.66. The number of halogens is 3. The number of thiophene rings is 1. The fraction of sp³-hybridized carbons (Fsp3) is 0.154. The van der Waals surface area contributed by atoms with Crippen LogP contribution in [0, 0.1) is 0 Å². The fourth-order valence-corrected chi connectivity index (χ4v) is 2.44. The van der Waals surface area contributed by atoms with Gasteiger partial charge in [-0.05, 0) is 17.5 Å². The highest BCUT2D eigenvalue weighted by Gasteiger charge is 2.36. The molecule has 2 rings (SSSR count). The number of benzene rings is 1. The van der Waals surface area contributed by atoms with Crippen LogP contribution in [0.4, 0.5) is 13.2 Å². The average Bonchev–Trinajstić information content (AvgIpc) is 2.90. The molecule has 0 saturated heterocycles. The second-order valence-electron chi connectivity index (χ2n) is 3.90. The maximum Gasteiger partial charge on any atom is 0.417 e. The van der Waals surface area contributed by atoms with Crippen molar-refractivity contribution in [1.82, 2.24) is 0 Å². The molecule has 19 heavy (non-hydrogen) atoms. The third-order valence-electron chi connectivity index (χ3n) is 2.63. The second kappa shape index (κ2) is 5.14. The van der Waals surface area contributed by atoms with Gasteiger partial charge in [0, 0.05) is 10.4 Å². The summed E-state index contributed by atoms with van der Waals surface area (Å²) in [5, 5.41) is 1.72. The van der Waals surface area contributed by atoms with Crippen LogP contribution in [-0.4, -0.2) is 5.78 Å². The van der Waals surface area contributed by atoms with Crippen LogP contribution in [0.5, 0.6) is 0 Å². The number of carbonyl (C=O) groups is 1. The van der Waals surface area contributed by atoms with Gasteiger partial charge in [0.1, 0.15) is 6.04 Å². The van der Waals surface area contributed by atoms with Gasteiger partial charge in [0.2, 0.25) is 0 Å². The molecule has 2 aromatic rings. The lowest BCUT2D eigenvalue weighted by Crippen LogP contribution is -2.23. The Balaban J connectivity index is 2.40. The highest BCUT2D eigenvalue weighted by Crippen LogP contribution is 2.33. The molecule has 0 fully saturated rings. The van der Waals surface area contributed by atoms with E-state index in [9.17, 15) is 18.0 Å². The van der Waals surface area contributed by atoms with E-state index in [0.29, 0.717) is 4.88 Å². The van der Waals surface area contributed by atoms with Crippen molar-refractivity contribution in [3.05, 3.63) is 57.8 Å². The molecule has 1 heterocycles. The SMILES string of the molecule is NC(C(=O)c1ccccc1C(F)(F)F)c1cccs1. The van der Waals surface area contributed by atoms with Gasteiger partial charge in [0.15, 0.2) is 5.78 Å². The van der Waals surface area contributed by atoms with E-state index in [0.717, 1.165) is 12.1 Å². The van der Waals surface area contributed by atoms with E-state index in [1.165, 1.54) is 23.5 Å². The molecule has 0 aliphatic rings. The summed E-state index contributed by atoms with van der Waals surface area (Å²) in [5.41, 5.74) is 4.38. The van der Waals surface area contributed by atoms with Gasteiger partial charge in [-0.1, -0.05) is 24.3 Å². The first kappa shape index (κ1) is 13.8. The molecule has 0 amide bonds. The predicted molar refractivity (Wildman–Crippen MR) is 67.0 cm³/mol. The van der Waals surface area contributed by atoms with Crippen molar-refractivity contribution in [3.8, 4) is 0 Å². The minimum absolute atomic E-state index is 0.393. The molecule has 2 N–H and O–H groups in total. The third kappa shape index (κ3) is 2.85. The van der Waals surface area contributed by atoms with Gasteiger partial charge < -0.3 is 5.73 Å². The maximum atomic E-state index is 12.8. The Morgan fingerprint density at radius 3 is 2.42 bits per heavy atom. The Labute approximate surface area is 111 Å². The zero-order valence-electron chi connectivity index (χ0n) is 9.65. The van der Waals surface area contributed by atoms with Crippen LogP contribution in [0.15, 0.2) is 41.8 Å². The maximum absolute atomic E-state index is 12.8. The molecule has 1 aromatic heterocycles. The van der Waals surface area contributed by atoms with E-state index in [4.69, 9.17) is 5.73 Å². The van der Waals surface area contributed by atoms with Crippen molar-refractivity contribution >= 4 is 17.1 Å². The third-order valence-corrected chi connectivity index (χ3v) is 3.59. The highest BCUT2D eigenvalue weighted by molar-refractivity contribution is 7.10. The van der Waals surface area contributed by atoms with Crippen LogP contribution < -0.4 is 5.73 Å². The predicted octanol–water partition coefficient (Wildman–Crippen LogP) is 3.65. The Morgan fingerprint density at radius 2 is 1.84 bits per heavy atom. The number of nitrogens with two attached hydrogens (primary N) is 1. The lowest BCUT2D eigenvalue weighted by molar-refractivity contribution is -0.137. The molecule has 6 heteroatoms. The van der Waals surface area contributed by atoms with Crippen LogP contribution in [-0.2, 0) is 6.18 Å². The first-order valence-corrected chi connectivity index (χ1v) is 6.28. The average molecular weight is 285 g/mol. The lowest BCUT2D eigenvalue weighted by atomic mass is 9.98. The van der Waals surface area contributed by atoms with E-state index < -0.39 is 29.1 Å². The van der Waals surface area contributed by atoms with E-state index in [1.54, 1.807) is 17.5 Å². The molecule has 1 unspecified atom stereocenters. The molecule has 100 valence electrons. The molecule has 0 radical (unpaired) electrons. The van der Waals surface area contributed by atoms with E-state index in [2.05, 4.69) is 0 Å². The first-order chi connectivity index (χ1) is 8.91. The monoisotopic (exact) mass is 285 g/mol. The highest BCUT2D eigenvalue weighted by atomic mass is 32.1. The number of carbonyl (C=O) groups excluding carboxylic acids is 1. The Bertz CT molecular complexity index is 578. The molecule has 0 aliphatic heterocycles. The van der Waals surface area contributed by atoms with Gasteiger partial charge >= 0.3 is 6.18 Å². The summed E-state index contributed by atoms with van der Waals surface area (Å²) >= 11 is 1.24. The lowest BCUT2D eigenvalue weighted by Gasteiger charge is -2.14. The van der Waals surface area contributed by atoms with Crippen LogP contribution in [0.2, 0.25) is 0 Å². The van der Waals surface area contributed by atoms with Crippen molar-refractivity contribution in [2.45, 2.75) is 12.2 Å². The summed E-state index contributed by atoms with van der Waals surface area (Å²) in [5.74, 6) is -0.727. The van der Waals surface area contributed by atoms with Gasteiger partial charge in [-0.3, -0.25) is 4.79 Å². The molecule has 2 nitrogen and oxygen atoms in total. The number of Topliss-reactive ketones (excluding diaryl/α,β-unsaturated/α-hetero) is 1. The van der Waals surface area contributed by atoms with Crippen molar-refractivity contribution in [2.24, 2.45) is 5.73 Å². The Morgan fingerprint density at radius 1 is 1.16 bits per heavy atom. The van der Waals surface area contributed by atoms with Crippen molar-refractivity contribution in [2.75, 3.05) is 0 Å². The summed E-state index contributed by atoms with van der Waals surface area (Å²) in [7, 11) is 0. The number of hydrogen-bond acceptors (Lipinski definition) is 3. The van der Waals surface area contributed by atoms with E-state index in [1.807, 2.05) is 0 Å². The molecule has 0 aliphatic carbocycles. The molecule has 0 bridgehead atoms. The zero-order valence-corrected chi connectivity index (χ0v) is 10.5. The largest absolute Gasteiger partial charge is 0.417 e. The number of hydrogen-bond donors (Lipinski definition) is 1. The van der Waals surface area contributed by atoms with Gasteiger partial charge in [-0.2, -0.15) is 13.2 Å². The summed E-state index contributed by atoms with van der Waals surface area (Å²) in [6.45, 7) is 0. The molecular weight excluding hydrogens is 275 g/mol. The number of alkyl halides is 3. The number of ketones is 1. The second-order valence-corrected chi connectivity index (χ2v) is 4.88. The first-order valence-electron chi connectivity index (χ1n) is 5.40. The zero-order chi connectivity index (χ0) is 14.0. The minimum atomic E-state index is -4.57. The summed E-state index contributed by atoms with van der Waals surface area (Å²) in [4.78, 5) is 12.6. The van der Waals surface area contributed by atoms with Crippen LogP contribution in [0.1, 0.15) is 26.8 Å². The smallest absolute Gasteiger partial charge is 0.317 e. The standard InChI is InChI=1S/C13H10F3NOS/c14-13(15,16)9-5-2-1-4-8(9)12(18)11(17)10-6-3-7-19-10/h1-7,11H,17H2. The summed E-state index contributed by atoms with van der Waals surface area (Å²) in [6.07, 6.45) is -4.57. The van der Waals surface area contributed by atoms with Crippen molar-refractivity contribution in [1.29, 1.82) is 0 Å². The molecule has 1 atom stereocenters. The molecule has 1 aromatic carbocycles. The van der Waals surface area contributed by atoms with E-state index >= 15 is 0 Å². The Kier molecular flexibility index (Phi) is 3.73. The van der Waals surface area contributed by atoms with Gasteiger partial charge in [0.05, 0.1) is 5.56 Å². The molecular formula is C13H10F3NOS. The van der Waals surface area contributed by atoms with Crippen molar-refractivity contribution in [3.63, 3.8) is 0 Å². The van der Waals surface area contributed by atoms with Gasteiger partial charge in [0.25, 0.3) is 0 Å². The van der Waals surface area contributed by atoms with Crippen LogP contribution in [0.3, 0.4) is 0 Å². The molecule has 0 spiro atoms. The summed E-state index contributed by atoms with van der Waals surface area (Å²) in [6, 6.07) is 6.93. The quantitative estimate of drug-likeness (QED) is 0.875. The van der Waals surface area contributed by atoms with Crippen LogP contribution in [0.25, 0.3) is 0 Å². The molecule has 0 saturated carbocycles. The van der Waals surface area contributed by atoms with Crippen LogP contribution >= 0.6 is 11.3 Å². The van der Waals surface area contributed by atoms with E-state index in [-0.39, 0.29) is 0 Å².